The lowest BCUT2D eigenvalue weighted by Gasteiger charge is -2.27. The van der Waals surface area contributed by atoms with E-state index in [1.165, 1.54) is 0 Å². The van der Waals surface area contributed by atoms with Gasteiger partial charge in [-0.2, -0.15) is 0 Å². The number of halogens is 2. The molecular weight excluding hydrogens is 336 g/mol. The molecule has 1 saturated heterocycles. The molecule has 1 aliphatic heterocycles. The summed E-state index contributed by atoms with van der Waals surface area (Å²) in [7, 11) is 0. The fraction of sp³-hybridized carbons (Fsp3) is 0.417. The molecule has 19 heavy (non-hydrogen) atoms. The number of aromatic amines is 2. The second-order valence-electron chi connectivity index (χ2n) is 4.38. The van der Waals surface area contributed by atoms with Gasteiger partial charge in [-0.3, -0.25) is 0 Å². The number of hydrogen-bond acceptors (Lipinski definition) is 3. The molecule has 0 amide bonds. The topological polar surface area (TPSA) is 67.1 Å². The molecule has 2 unspecified atom stereocenters. The van der Waals surface area contributed by atoms with Crippen molar-refractivity contribution < 1.29 is 9.47 Å². The van der Waals surface area contributed by atoms with Crippen LogP contribution in [0.5, 0.6) is 0 Å². The van der Waals surface area contributed by atoms with Crippen LogP contribution in [0.15, 0.2) is 21.4 Å². The number of rotatable bonds is 2. The molecule has 3 rings (SSSR count). The SMILES string of the molecule is O=c1[nH]c2cc(Br)c(C(Cl)C3COCCO3)cc2[nH]1. The summed E-state index contributed by atoms with van der Waals surface area (Å²) in [6.45, 7) is 1.63. The van der Waals surface area contributed by atoms with Crippen molar-refractivity contribution in [3.63, 3.8) is 0 Å². The molecule has 2 atom stereocenters. The first-order chi connectivity index (χ1) is 9.15. The predicted molar refractivity (Wildman–Crippen MR) is 75.8 cm³/mol. The fourth-order valence-corrected chi connectivity index (χ4v) is 3.21. The van der Waals surface area contributed by atoms with Crippen LogP contribution < -0.4 is 5.69 Å². The van der Waals surface area contributed by atoms with Gasteiger partial charge < -0.3 is 19.4 Å². The lowest BCUT2D eigenvalue weighted by atomic mass is 10.1. The van der Waals surface area contributed by atoms with Crippen LogP contribution in [0.4, 0.5) is 0 Å². The summed E-state index contributed by atoms with van der Waals surface area (Å²) in [6.07, 6.45) is -0.185. The van der Waals surface area contributed by atoms with Crippen LogP contribution in [0.3, 0.4) is 0 Å². The van der Waals surface area contributed by atoms with Crippen molar-refractivity contribution in [2.24, 2.45) is 0 Å². The van der Waals surface area contributed by atoms with Gasteiger partial charge in [0, 0.05) is 4.47 Å². The van der Waals surface area contributed by atoms with Crippen LogP contribution >= 0.6 is 27.5 Å². The zero-order valence-corrected chi connectivity index (χ0v) is 12.3. The summed E-state index contributed by atoms with van der Waals surface area (Å²) in [6, 6.07) is 3.69. The monoisotopic (exact) mass is 346 g/mol. The zero-order valence-electron chi connectivity index (χ0n) is 9.91. The molecule has 2 aromatic rings. The van der Waals surface area contributed by atoms with E-state index in [0.29, 0.717) is 19.8 Å². The Labute approximate surface area is 122 Å². The number of aromatic nitrogens is 2. The zero-order chi connectivity index (χ0) is 13.4. The second-order valence-corrected chi connectivity index (χ2v) is 5.71. The molecule has 0 saturated carbocycles. The predicted octanol–water partition coefficient (Wildman–Crippen LogP) is 2.31. The standard InChI is InChI=1S/C12H12BrClN2O3/c13-7-4-9-8(15-12(17)16-9)3-6(7)11(14)10-5-18-1-2-19-10/h3-4,10-11H,1-2,5H2,(H2,15,16,17). The maximum atomic E-state index is 11.3. The highest BCUT2D eigenvalue weighted by atomic mass is 79.9. The molecule has 0 radical (unpaired) electrons. The second kappa shape index (κ2) is 5.28. The Morgan fingerprint density at radius 3 is 2.74 bits per heavy atom. The molecule has 7 heteroatoms. The number of nitrogens with one attached hydrogen (secondary N) is 2. The smallest absolute Gasteiger partial charge is 0.323 e. The first-order valence-corrected chi connectivity index (χ1v) is 7.13. The lowest BCUT2D eigenvalue weighted by Crippen LogP contribution is -2.32. The van der Waals surface area contributed by atoms with Crippen molar-refractivity contribution in [3.8, 4) is 0 Å². The van der Waals surface area contributed by atoms with Crippen LogP contribution in [-0.2, 0) is 9.47 Å². The van der Waals surface area contributed by atoms with E-state index in [9.17, 15) is 4.79 Å². The third-order valence-electron chi connectivity index (χ3n) is 3.10. The van der Waals surface area contributed by atoms with Crippen molar-refractivity contribution in [1.29, 1.82) is 0 Å². The molecule has 5 nitrogen and oxygen atoms in total. The van der Waals surface area contributed by atoms with Gasteiger partial charge in [0.15, 0.2) is 0 Å². The van der Waals surface area contributed by atoms with E-state index < -0.39 is 0 Å². The van der Waals surface area contributed by atoms with Crippen LogP contribution in [-0.4, -0.2) is 35.9 Å². The van der Waals surface area contributed by atoms with Gasteiger partial charge in [0.2, 0.25) is 0 Å². The van der Waals surface area contributed by atoms with Gasteiger partial charge in [0.05, 0.1) is 36.2 Å². The normalized spacial score (nSPS) is 21.7. The molecule has 0 spiro atoms. The van der Waals surface area contributed by atoms with E-state index in [-0.39, 0.29) is 17.2 Å². The Bertz CT molecular complexity index is 648. The summed E-state index contributed by atoms with van der Waals surface area (Å²) in [5.41, 5.74) is 2.11. The van der Waals surface area contributed by atoms with Gasteiger partial charge in [-0.1, -0.05) is 15.9 Å². The minimum Gasteiger partial charge on any atom is -0.376 e. The molecule has 1 aromatic heterocycles. The number of benzene rings is 1. The van der Waals surface area contributed by atoms with Crippen LogP contribution in [0.2, 0.25) is 0 Å². The number of fused-ring (bicyclic) bond motifs is 1. The van der Waals surface area contributed by atoms with Crippen molar-refractivity contribution in [3.05, 3.63) is 32.7 Å². The summed E-state index contributed by atoms with van der Waals surface area (Å²) in [5, 5.41) is -0.336. The van der Waals surface area contributed by atoms with Gasteiger partial charge in [-0.05, 0) is 17.7 Å². The van der Waals surface area contributed by atoms with E-state index in [1.807, 2.05) is 12.1 Å². The maximum absolute atomic E-state index is 11.3. The quantitative estimate of drug-likeness (QED) is 0.819. The Hall–Kier alpha value is -0.820. The third kappa shape index (κ3) is 2.58. The average Bonchev–Trinajstić information content (AvgIpc) is 2.77. The average molecular weight is 348 g/mol. The minimum absolute atomic E-state index is 0.185. The molecule has 0 bridgehead atoms. The Morgan fingerprint density at radius 1 is 1.32 bits per heavy atom. The number of hydrogen-bond donors (Lipinski definition) is 2. The number of imidazole rings is 1. The van der Waals surface area contributed by atoms with E-state index >= 15 is 0 Å². The molecular formula is C12H12BrClN2O3. The molecule has 2 heterocycles. The highest BCUT2D eigenvalue weighted by Gasteiger charge is 2.26. The van der Waals surface area contributed by atoms with Gasteiger partial charge in [0.25, 0.3) is 0 Å². The number of ether oxygens (including phenoxy) is 2. The summed E-state index contributed by atoms with van der Waals surface area (Å²) in [4.78, 5) is 16.7. The molecule has 102 valence electrons. The van der Waals surface area contributed by atoms with E-state index in [2.05, 4.69) is 25.9 Å². The first kappa shape index (κ1) is 13.2. The van der Waals surface area contributed by atoms with Crippen molar-refractivity contribution in [1.82, 2.24) is 9.97 Å². The van der Waals surface area contributed by atoms with E-state index in [4.69, 9.17) is 21.1 Å². The van der Waals surface area contributed by atoms with E-state index in [0.717, 1.165) is 21.1 Å². The molecule has 0 aliphatic carbocycles. The van der Waals surface area contributed by atoms with Gasteiger partial charge >= 0.3 is 5.69 Å². The van der Waals surface area contributed by atoms with Crippen LogP contribution in [0.25, 0.3) is 11.0 Å². The minimum atomic E-state index is -0.336. The maximum Gasteiger partial charge on any atom is 0.323 e. The Kier molecular flexibility index (Phi) is 3.66. The summed E-state index contributed by atoms with van der Waals surface area (Å²) >= 11 is 9.94. The molecule has 1 aromatic carbocycles. The number of alkyl halides is 1. The van der Waals surface area contributed by atoms with Crippen molar-refractivity contribution in [2.45, 2.75) is 11.5 Å². The first-order valence-electron chi connectivity index (χ1n) is 5.90. The van der Waals surface area contributed by atoms with Crippen LogP contribution in [0.1, 0.15) is 10.9 Å². The highest BCUT2D eigenvalue weighted by molar-refractivity contribution is 9.10. The lowest BCUT2D eigenvalue weighted by molar-refractivity contribution is -0.0892. The summed E-state index contributed by atoms with van der Waals surface area (Å²) < 4.78 is 11.8. The molecule has 2 N–H and O–H groups in total. The molecule has 1 aliphatic rings. The van der Waals surface area contributed by atoms with E-state index in [1.54, 1.807) is 0 Å². The largest absolute Gasteiger partial charge is 0.376 e. The highest BCUT2D eigenvalue weighted by Crippen LogP contribution is 2.34. The van der Waals surface area contributed by atoms with Crippen molar-refractivity contribution in [2.75, 3.05) is 19.8 Å². The van der Waals surface area contributed by atoms with Gasteiger partial charge in [-0.15, -0.1) is 11.6 Å². The van der Waals surface area contributed by atoms with Gasteiger partial charge in [0.1, 0.15) is 6.10 Å². The molecule has 1 fully saturated rings. The van der Waals surface area contributed by atoms with Crippen molar-refractivity contribution >= 4 is 38.6 Å². The third-order valence-corrected chi connectivity index (χ3v) is 4.30. The van der Waals surface area contributed by atoms with Gasteiger partial charge in [-0.25, -0.2) is 4.79 Å². The number of H-pyrrole nitrogens is 2. The van der Waals surface area contributed by atoms with Crippen LogP contribution in [0, 0.1) is 0 Å². The Balaban J connectivity index is 1.98. The summed E-state index contributed by atoms with van der Waals surface area (Å²) in [5.74, 6) is 0. The Morgan fingerprint density at radius 2 is 2.05 bits per heavy atom. The fourth-order valence-electron chi connectivity index (χ4n) is 2.16.